The fourth-order valence-electron chi connectivity index (χ4n) is 2.91. The van der Waals surface area contributed by atoms with E-state index in [1.54, 1.807) is 24.1 Å². The second-order valence-corrected chi connectivity index (χ2v) is 5.91. The van der Waals surface area contributed by atoms with Gasteiger partial charge in [0.25, 0.3) is 11.5 Å². The van der Waals surface area contributed by atoms with Crippen LogP contribution in [0.15, 0.2) is 23.1 Å². The lowest BCUT2D eigenvalue weighted by atomic mass is 9.94. The Hall–Kier alpha value is -1.62. The lowest BCUT2D eigenvalue weighted by molar-refractivity contribution is 0.0766. The highest BCUT2D eigenvalue weighted by molar-refractivity contribution is 5.93. The van der Waals surface area contributed by atoms with Crippen LogP contribution >= 0.6 is 0 Å². The average Bonchev–Trinajstić information content (AvgIpc) is 2.53. The number of pyridine rings is 1. The van der Waals surface area contributed by atoms with Crippen LogP contribution in [0, 0.1) is 0 Å². The maximum Gasteiger partial charge on any atom is 0.260 e. The molecule has 0 aliphatic heterocycles. The first-order chi connectivity index (χ1) is 10.1. The second kappa shape index (κ2) is 7.41. The summed E-state index contributed by atoms with van der Waals surface area (Å²) < 4.78 is 0. The molecule has 1 heterocycles. The highest BCUT2D eigenvalue weighted by Gasteiger charge is 2.19. The Balaban J connectivity index is 1.86. The van der Waals surface area contributed by atoms with Gasteiger partial charge in [-0.1, -0.05) is 19.3 Å². The standard InChI is InChI=1S/C16H25N3O2/c1-18(13-7-4-3-5-8-13)11-12-19(2)16(21)14-9-6-10-17-15(14)20/h6,9-10,13H,3-5,7-8,11-12H2,1-2H3,(H,17,20). The fraction of sp³-hybridized carbons (Fsp3) is 0.625. The quantitative estimate of drug-likeness (QED) is 0.898. The van der Waals surface area contributed by atoms with Gasteiger partial charge in [-0.15, -0.1) is 0 Å². The molecule has 0 aromatic carbocycles. The molecular formula is C16H25N3O2. The molecule has 1 amide bonds. The molecule has 21 heavy (non-hydrogen) atoms. The molecule has 1 aromatic rings. The molecule has 1 aliphatic rings. The summed E-state index contributed by atoms with van der Waals surface area (Å²) in [4.78, 5) is 30.4. The zero-order chi connectivity index (χ0) is 15.2. The van der Waals surface area contributed by atoms with E-state index < -0.39 is 0 Å². The maximum absolute atomic E-state index is 12.2. The first kappa shape index (κ1) is 15.8. The summed E-state index contributed by atoms with van der Waals surface area (Å²) in [7, 11) is 3.88. The van der Waals surface area contributed by atoms with E-state index in [0.717, 1.165) is 6.54 Å². The number of rotatable bonds is 5. The maximum atomic E-state index is 12.2. The molecule has 5 nitrogen and oxygen atoms in total. The lowest BCUT2D eigenvalue weighted by Gasteiger charge is -2.32. The fourth-order valence-corrected chi connectivity index (χ4v) is 2.91. The number of H-pyrrole nitrogens is 1. The van der Waals surface area contributed by atoms with E-state index >= 15 is 0 Å². The van der Waals surface area contributed by atoms with E-state index in [4.69, 9.17) is 0 Å². The Morgan fingerprint density at radius 3 is 2.62 bits per heavy atom. The van der Waals surface area contributed by atoms with Crippen LogP contribution in [0.3, 0.4) is 0 Å². The van der Waals surface area contributed by atoms with Crippen molar-refractivity contribution in [3.8, 4) is 0 Å². The molecule has 0 radical (unpaired) electrons. The molecule has 5 heteroatoms. The van der Waals surface area contributed by atoms with Gasteiger partial charge in [0.05, 0.1) is 0 Å². The first-order valence-corrected chi connectivity index (χ1v) is 7.73. The van der Waals surface area contributed by atoms with Crippen LogP contribution in [0.25, 0.3) is 0 Å². The van der Waals surface area contributed by atoms with Gasteiger partial charge >= 0.3 is 0 Å². The van der Waals surface area contributed by atoms with Crippen LogP contribution in [0.5, 0.6) is 0 Å². The number of hydrogen-bond acceptors (Lipinski definition) is 3. The predicted molar refractivity (Wildman–Crippen MR) is 83.5 cm³/mol. The number of aromatic amines is 1. The number of carbonyl (C=O) groups is 1. The number of carbonyl (C=O) groups excluding carboxylic acids is 1. The molecule has 1 saturated carbocycles. The van der Waals surface area contributed by atoms with Crippen molar-refractivity contribution in [2.45, 2.75) is 38.1 Å². The van der Waals surface area contributed by atoms with Gasteiger partial charge in [0.2, 0.25) is 0 Å². The molecule has 0 bridgehead atoms. The van der Waals surface area contributed by atoms with Crippen LogP contribution in [-0.2, 0) is 0 Å². The van der Waals surface area contributed by atoms with E-state index in [9.17, 15) is 9.59 Å². The van der Waals surface area contributed by atoms with Crippen molar-refractivity contribution < 1.29 is 4.79 Å². The van der Waals surface area contributed by atoms with E-state index in [-0.39, 0.29) is 17.0 Å². The van der Waals surface area contributed by atoms with Gasteiger partial charge in [-0.25, -0.2) is 0 Å². The van der Waals surface area contributed by atoms with Crippen molar-refractivity contribution in [1.29, 1.82) is 0 Å². The van der Waals surface area contributed by atoms with Gasteiger partial charge < -0.3 is 14.8 Å². The number of amides is 1. The van der Waals surface area contributed by atoms with Gasteiger partial charge in [0, 0.05) is 32.4 Å². The zero-order valence-corrected chi connectivity index (χ0v) is 13.0. The number of nitrogens with zero attached hydrogens (tertiary/aromatic N) is 2. The third-order valence-corrected chi connectivity index (χ3v) is 4.38. The van der Waals surface area contributed by atoms with Crippen LogP contribution in [-0.4, -0.2) is 53.9 Å². The SMILES string of the molecule is CN(CCN(C)C1CCCCC1)C(=O)c1ccc[nH]c1=O. The number of hydrogen-bond donors (Lipinski definition) is 1. The summed E-state index contributed by atoms with van der Waals surface area (Å²) in [6, 6.07) is 3.89. The molecule has 0 atom stereocenters. The van der Waals surface area contributed by atoms with Crippen LogP contribution in [0.4, 0.5) is 0 Å². The third-order valence-electron chi connectivity index (χ3n) is 4.38. The summed E-state index contributed by atoms with van der Waals surface area (Å²) in [5, 5.41) is 0. The molecule has 0 unspecified atom stereocenters. The minimum Gasteiger partial charge on any atom is -0.340 e. The van der Waals surface area contributed by atoms with Crippen molar-refractivity contribution in [3.05, 3.63) is 34.2 Å². The lowest BCUT2D eigenvalue weighted by Crippen LogP contribution is -2.41. The monoisotopic (exact) mass is 291 g/mol. The van der Waals surface area contributed by atoms with E-state index in [1.165, 1.54) is 38.3 Å². The summed E-state index contributed by atoms with van der Waals surface area (Å²) in [5.74, 6) is -0.214. The molecule has 1 aliphatic carbocycles. The van der Waals surface area contributed by atoms with Gasteiger partial charge in [0.15, 0.2) is 0 Å². The van der Waals surface area contributed by atoms with Crippen LogP contribution in [0.1, 0.15) is 42.5 Å². The van der Waals surface area contributed by atoms with Gasteiger partial charge in [-0.3, -0.25) is 9.59 Å². The van der Waals surface area contributed by atoms with Crippen molar-refractivity contribution in [2.75, 3.05) is 27.2 Å². The average molecular weight is 291 g/mol. The Morgan fingerprint density at radius 1 is 1.24 bits per heavy atom. The Morgan fingerprint density at radius 2 is 1.95 bits per heavy atom. The summed E-state index contributed by atoms with van der Waals surface area (Å²) in [5.41, 5.74) is -0.115. The third kappa shape index (κ3) is 4.17. The van der Waals surface area contributed by atoms with Crippen LogP contribution < -0.4 is 5.56 Å². The topological polar surface area (TPSA) is 56.4 Å². The Labute approximate surface area is 126 Å². The van der Waals surface area contributed by atoms with E-state index in [1.807, 2.05) is 0 Å². The minimum absolute atomic E-state index is 0.209. The normalized spacial score (nSPS) is 16.1. The largest absolute Gasteiger partial charge is 0.340 e. The molecule has 0 spiro atoms. The zero-order valence-electron chi connectivity index (χ0n) is 13.0. The van der Waals surface area contributed by atoms with Gasteiger partial charge in [0.1, 0.15) is 5.56 Å². The molecule has 1 N–H and O–H groups in total. The molecular weight excluding hydrogens is 266 g/mol. The van der Waals surface area contributed by atoms with E-state index in [0.29, 0.717) is 12.6 Å². The molecule has 0 saturated heterocycles. The summed E-state index contributed by atoms with van der Waals surface area (Å²) >= 11 is 0. The Kier molecular flexibility index (Phi) is 5.56. The van der Waals surface area contributed by atoms with Crippen molar-refractivity contribution in [2.24, 2.45) is 0 Å². The highest BCUT2D eigenvalue weighted by Crippen LogP contribution is 2.21. The molecule has 2 rings (SSSR count). The highest BCUT2D eigenvalue weighted by atomic mass is 16.2. The number of likely N-dealkylation sites (N-methyl/N-ethyl adjacent to an activating group) is 2. The first-order valence-electron chi connectivity index (χ1n) is 7.73. The number of nitrogens with one attached hydrogen (secondary N) is 1. The summed E-state index contributed by atoms with van der Waals surface area (Å²) in [6.07, 6.45) is 8.01. The van der Waals surface area contributed by atoms with Crippen molar-refractivity contribution >= 4 is 5.91 Å². The Bertz CT molecular complexity index is 520. The van der Waals surface area contributed by atoms with Crippen molar-refractivity contribution in [3.63, 3.8) is 0 Å². The predicted octanol–water partition coefficient (Wildman–Crippen LogP) is 1.71. The summed E-state index contributed by atoms with van der Waals surface area (Å²) in [6.45, 7) is 1.48. The smallest absolute Gasteiger partial charge is 0.260 e. The minimum atomic E-state index is -0.324. The van der Waals surface area contributed by atoms with Crippen LogP contribution in [0.2, 0.25) is 0 Å². The van der Waals surface area contributed by atoms with Gasteiger partial charge in [-0.05, 0) is 32.0 Å². The molecule has 116 valence electrons. The second-order valence-electron chi connectivity index (χ2n) is 5.91. The number of aromatic nitrogens is 1. The van der Waals surface area contributed by atoms with E-state index in [2.05, 4.69) is 16.9 Å². The molecule has 1 aromatic heterocycles. The van der Waals surface area contributed by atoms with Gasteiger partial charge in [-0.2, -0.15) is 0 Å². The molecule has 1 fully saturated rings. The van der Waals surface area contributed by atoms with Crippen molar-refractivity contribution in [1.82, 2.24) is 14.8 Å².